The van der Waals surface area contributed by atoms with Gasteiger partial charge in [-0.2, -0.15) is 5.10 Å². The number of fused-ring (bicyclic) bond motifs is 1. The van der Waals surface area contributed by atoms with Gasteiger partial charge in [0.05, 0.1) is 12.2 Å². The number of hydrogen-bond donors (Lipinski definition) is 1. The van der Waals surface area contributed by atoms with Gasteiger partial charge in [0.25, 0.3) is 5.91 Å². The first-order chi connectivity index (χ1) is 13.9. The third-order valence-electron chi connectivity index (χ3n) is 5.35. The minimum Gasteiger partial charge on any atom is -0.350 e. The third kappa shape index (κ3) is 3.42. The van der Waals surface area contributed by atoms with Gasteiger partial charge >= 0.3 is 0 Å². The fourth-order valence-corrected chi connectivity index (χ4v) is 3.78. The van der Waals surface area contributed by atoms with Gasteiger partial charge in [0.2, 0.25) is 5.91 Å². The van der Waals surface area contributed by atoms with Gasteiger partial charge in [0.1, 0.15) is 11.2 Å². The van der Waals surface area contributed by atoms with E-state index in [1.54, 1.807) is 22.6 Å². The molecule has 0 bridgehead atoms. The average Bonchev–Trinajstić information content (AvgIpc) is 3.08. The predicted octanol–water partition coefficient (Wildman–Crippen LogP) is 3.24. The number of anilines is 1. The molecular weight excluding hydrogens is 364 g/mol. The van der Waals surface area contributed by atoms with Crippen LogP contribution in [0.5, 0.6) is 0 Å². The van der Waals surface area contributed by atoms with Crippen molar-refractivity contribution in [1.29, 1.82) is 0 Å². The van der Waals surface area contributed by atoms with Gasteiger partial charge < -0.3 is 5.32 Å². The Bertz CT molecular complexity index is 1060. The summed E-state index contributed by atoms with van der Waals surface area (Å²) in [5, 5.41) is 7.43. The maximum atomic E-state index is 13.4. The Labute approximate surface area is 170 Å². The Hall–Kier alpha value is -3.41. The summed E-state index contributed by atoms with van der Waals surface area (Å²) >= 11 is 0. The summed E-state index contributed by atoms with van der Waals surface area (Å²) in [4.78, 5) is 28.4. The highest BCUT2D eigenvalue weighted by Crippen LogP contribution is 2.33. The van der Waals surface area contributed by atoms with Gasteiger partial charge in [0.15, 0.2) is 0 Å². The fraction of sp³-hybridized carbons (Fsp3) is 0.261. The number of hydrogen-bond acceptors (Lipinski definition) is 3. The van der Waals surface area contributed by atoms with E-state index < -0.39 is 5.54 Å². The van der Waals surface area contributed by atoms with E-state index in [4.69, 9.17) is 0 Å². The summed E-state index contributed by atoms with van der Waals surface area (Å²) < 4.78 is 1.64. The highest BCUT2D eigenvalue weighted by Gasteiger charge is 2.48. The lowest BCUT2D eigenvalue weighted by Gasteiger charge is -2.43. The molecule has 6 heteroatoms. The molecule has 3 aromatic rings. The van der Waals surface area contributed by atoms with E-state index in [1.165, 1.54) is 0 Å². The Morgan fingerprint density at radius 3 is 2.48 bits per heavy atom. The quantitative estimate of drug-likeness (QED) is 0.746. The monoisotopic (exact) mass is 388 g/mol. The zero-order chi connectivity index (χ0) is 20.6. The minimum atomic E-state index is -1.10. The molecule has 0 saturated carbocycles. The number of aromatic nitrogens is 2. The van der Waals surface area contributed by atoms with E-state index in [9.17, 15) is 9.59 Å². The maximum absolute atomic E-state index is 13.4. The van der Waals surface area contributed by atoms with E-state index in [-0.39, 0.29) is 18.4 Å². The second-order valence-electron chi connectivity index (χ2n) is 7.75. The standard InChI is InChI=1S/C23H24N4O2/c1-16-9-11-19(12-10-16)27-21(28)20-13-17(2)25-26(20)15-23(27,3)22(29)24-14-18-7-5-4-6-8-18/h4-13H,14-15H2,1-3H3,(H,24,29)/t23-/m0/s1. The fourth-order valence-electron chi connectivity index (χ4n) is 3.78. The minimum absolute atomic E-state index is 0.214. The number of carbonyl (C=O) groups excluding carboxylic acids is 2. The van der Waals surface area contributed by atoms with Gasteiger partial charge in [-0.3, -0.25) is 19.2 Å². The SMILES string of the molecule is Cc1ccc(N2C(=O)c3cc(C)nn3C[C@@]2(C)C(=O)NCc2ccccc2)cc1. The summed E-state index contributed by atoms with van der Waals surface area (Å²) in [6.07, 6.45) is 0. The lowest BCUT2D eigenvalue weighted by molar-refractivity contribution is -0.126. The lowest BCUT2D eigenvalue weighted by atomic mass is 9.93. The molecule has 0 spiro atoms. The number of rotatable bonds is 4. The van der Waals surface area contributed by atoms with E-state index >= 15 is 0 Å². The van der Waals surface area contributed by atoms with Crippen molar-refractivity contribution in [3.05, 3.63) is 83.2 Å². The van der Waals surface area contributed by atoms with Crippen molar-refractivity contribution < 1.29 is 9.59 Å². The topological polar surface area (TPSA) is 67.2 Å². The van der Waals surface area contributed by atoms with Gasteiger partial charge in [-0.15, -0.1) is 0 Å². The Balaban J connectivity index is 1.71. The average molecular weight is 388 g/mol. The van der Waals surface area contributed by atoms with Crippen molar-refractivity contribution in [3.8, 4) is 0 Å². The molecule has 2 amide bonds. The molecule has 0 saturated heterocycles. The van der Waals surface area contributed by atoms with E-state index in [0.717, 1.165) is 16.8 Å². The predicted molar refractivity (Wildman–Crippen MR) is 112 cm³/mol. The molecule has 1 aliphatic heterocycles. The molecule has 148 valence electrons. The van der Waals surface area contributed by atoms with E-state index in [1.807, 2.05) is 68.4 Å². The molecule has 1 N–H and O–H groups in total. The van der Waals surface area contributed by atoms with Crippen molar-refractivity contribution in [1.82, 2.24) is 15.1 Å². The first-order valence-corrected chi connectivity index (χ1v) is 9.66. The molecular formula is C23H24N4O2. The largest absolute Gasteiger partial charge is 0.350 e. The second kappa shape index (κ2) is 7.20. The van der Waals surface area contributed by atoms with E-state index in [2.05, 4.69) is 10.4 Å². The molecule has 0 unspecified atom stereocenters. The number of nitrogens with zero attached hydrogens (tertiary/aromatic N) is 3. The molecule has 0 fully saturated rings. The Morgan fingerprint density at radius 1 is 1.10 bits per heavy atom. The second-order valence-corrected chi connectivity index (χ2v) is 7.75. The first kappa shape index (κ1) is 18.9. The molecule has 1 aromatic heterocycles. The first-order valence-electron chi connectivity index (χ1n) is 9.66. The van der Waals surface area contributed by atoms with Crippen LogP contribution in [0.2, 0.25) is 0 Å². The smallest absolute Gasteiger partial charge is 0.277 e. The molecule has 0 radical (unpaired) electrons. The van der Waals surface area contributed by atoms with Gasteiger partial charge in [-0.25, -0.2) is 0 Å². The molecule has 1 aliphatic rings. The summed E-state index contributed by atoms with van der Waals surface area (Å²) in [6.45, 7) is 6.32. The highest BCUT2D eigenvalue weighted by molar-refractivity contribution is 6.11. The molecule has 2 heterocycles. The van der Waals surface area contributed by atoms with Crippen LogP contribution in [-0.2, 0) is 17.9 Å². The van der Waals surface area contributed by atoms with Crippen LogP contribution in [0.1, 0.15) is 34.2 Å². The van der Waals surface area contributed by atoms with Crippen LogP contribution in [-0.4, -0.2) is 27.1 Å². The molecule has 29 heavy (non-hydrogen) atoms. The lowest BCUT2D eigenvalue weighted by Crippen LogP contribution is -2.64. The van der Waals surface area contributed by atoms with Crippen molar-refractivity contribution >= 4 is 17.5 Å². The number of carbonyl (C=O) groups is 2. The molecule has 1 atom stereocenters. The molecule has 6 nitrogen and oxygen atoms in total. The number of amides is 2. The highest BCUT2D eigenvalue weighted by atomic mass is 16.2. The summed E-state index contributed by atoms with van der Waals surface area (Å²) in [5.74, 6) is -0.438. The Morgan fingerprint density at radius 2 is 1.79 bits per heavy atom. The Kier molecular flexibility index (Phi) is 4.70. The van der Waals surface area contributed by atoms with Crippen molar-refractivity contribution in [2.75, 3.05) is 4.90 Å². The van der Waals surface area contributed by atoms with Crippen LogP contribution in [0.4, 0.5) is 5.69 Å². The van der Waals surface area contributed by atoms with Crippen LogP contribution in [0.25, 0.3) is 0 Å². The molecule has 4 rings (SSSR count). The zero-order valence-corrected chi connectivity index (χ0v) is 16.8. The molecule has 2 aromatic carbocycles. The van der Waals surface area contributed by atoms with E-state index in [0.29, 0.717) is 17.9 Å². The van der Waals surface area contributed by atoms with Crippen molar-refractivity contribution in [2.45, 2.75) is 39.4 Å². The van der Waals surface area contributed by atoms with Crippen molar-refractivity contribution in [2.24, 2.45) is 0 Å². The zero-order valence-electron chi connectivity index (χ0n) is 16.8. The van der Waals surface area contributed by atoms with Gasteiger partial charge in [-0.05, 0) is 44.5 Å². The normalized spacial score (nSPS) is 18.4. The third-order valence-corrected chi connectivity index (χ3v) is 5.35. The van der Waals surface area contributed by atoms with Crippen molar-refractivity contribution in [3.63, 3.8) is 0 Å². The number of aryl methyl sites for hydroxylation is 2. The summed E-state index contributed by atoms with van der Waals surface area (Å²) in [6, 6.07) is 19.2. The van der Waals surface area contributed by atoms with Gasteiger partial charge in [0, 0.05) is 12.2 Å². The van der Waals surface area contributed by atoms with Crippen LogP contribution in [0.15, 0.2) is 60.7 Å². The summed E-state index contributed by atoms with van der Waals surface area (Å²) in [7, 11) is 0. The van der Waals surface area contributed by atoms with Crippen LogP contribution in [0, 0.1) is 13.8 Å². The number of nitrogens with one attached hydrogen (secondary N) is 1. The van der Waals surface area contributed by atoms with Crippen LogP contribution in [0.3, 0.4) is 0 Å². The van der Waals surface area contributed by atoms with Crippen LogP contribution < -0.4 is 10.2 Å². The maximum Gasteiger partial charge on any atom is 0.277 e. The van der Waals surface area contributed by atoms with Gasteiger partial charge in [-0.1, -0.05) is 48.0 Å². The molecule has 0 aliphatic carbocycles. The summed E-state index contributed by atoms with van der Waals surface area (Å²) in [5.41, 5.74) is 2.94. The van der Waals surface area contributed by atoms with Crippen LogP contribution >= 0.6 is 0 Å². The number of benzene rings is 2.